The van der Waals surface area contributed by atoms with Crippen molar-refractivity contribution in [3.63, 3.8) is 0 Å². The number of rotatable bonds is 4. The number of aromatic nitrogens is 2. The zero-order chi connectivity index (χ0) is 16.9. The molecule has 0 bridgehead atoms. The van der Waals surface area contributed by atoms with Crippen LogP contribution in [0.3, 0.4) is 0 Å². The number of carbonyl (C=O) groups is 1. The molecule has 0 atom stereocenters. The minimum atomic E-state index is -0.0350. The van der Waals surface area contributed by atoms with Gasteiger partial charge in [0.2, 0.25) is 5.91 Å². The molecule has 0 unspecified atom stereocenters. The van der Waals surface area contributed by atoms with Crippen molar-refractivity contribution in [2.24, 2.45) is 0 Å². The van der Waals surface area contributed by atoms with E-state index in [0.29, 0.717) is 31.9 Å². The monoisotopic (exact) mass is 322 g/mol. The Morgan fingerprint density at radius 2 is 2.12 bits per heavy atom. The highest BCUT2D eigenvalue weighted by atomic mass is 16.5. The van der Waals surface area contributed by atoms with Crippen molar-refractivity contribution in [3.05, 3.63) is 37.2 Å². The predicted molar refractivity (Wildman–Crippen MR) is 92.9 cm³/mol. The van der Waals surface area contributed by atoms with E-state index in [4.69, 9.17) is 11.2 Å². The van der Waals surface area contributed by atoms with Crippen LogP contribution in [0.15, 0.2) is 37.2 Å². The van der Waals surface area contributed by atoms with E-state index in [0.717, 1.165) is 16.7 Å². The quantitative estimate of drug-likeness (QED) is 0.630. The number of ether oxygens (including phenoxy) is 1. The molecule has 6 nitrogen and oxygen atoms in total. The lowest BCUT2D eigenvalue weighted by atomic mass is 10.2. The molecule has 2 heterocycles. The van der Waals surface area contributed by atoms with E-state index in [1.54, 1.807) is 11.2 Å². The summed E-state index contributed by atoms with van der Waals surface area (Å²) in [4.78, 5) is 24.4. The molecule has 1 aromatic heterocycles. The molecule has 1 amide bonds. The lowest BCUT2D eigenvalue weighted by Crippen LogP contribution is -2.48. The Bertz CT molecular complexity index is 804. The molecule has 0 aliphatic carbocycles. The second-order valence-corrected chi connectivity index (χ2v) is 5.39. The second-order valence-electron chi connectivity index (χ2n) is 5.39. The third-order valence-electron chi connectivity index (χ3n) is 3.97. The van der Waals surface area contributed by atoms with E-state index < -0.39 is 0 Å². The van der Waals surface area contributed by atoms with Crippen molar-refractivity contribution >= 4 is 22.6 Å². The molecule has 24 heavy (non-hydrogen) atoms. The van der Waals surface area contributed by atoms with Crippen LogP contribution >= 0.6 is 0 Å². The molecular weight excluding hydrogens is 304 g/mol. The number of carbonyl (C=O) groups excluding carboxylic acids is 1. The molecule has 1 aromatic carbocycles. The van der Waals surface area contributed by atoms with Crippen LogP contribution in [-0.4, -0.2) is 53.6 Å². The maximum Gasteiger partial charge on any atom is 0.246 e. The van der Waals surface area contributed by atoms with Gasteiger partial charge in [-0.3, -0.25) is 4.79 Å². The van der Waals surface area contributed by atoms with Gasteiger partial charge in [0, 0.05) is 31.6 Å². The fourth-order valence-corrected chi connectivity index (χ4v) is 2.76. The molecule has 0 radical (unpaired) electrons. The molecule has 2 aromatic rings. The molecule has 122 valence electrons. The van der Waals surface area contributed by atoms with E-state index in [1.807, 2.05) is 18.2 Å². The molecule has 1 saturated heterocycles. The maximum absolute atomic E-state index is 11.7. The summed E-state index contributed by atoms with van der Waals surface area (Å²) in [5.41, 5.74) is 0.845. The Kier molecular flexibility index (Phi) is 4.62. The summed E-state index contributed by atoms with van der Waals surface area (Å²) in [6, 6.07) is 5.64. The summed E-state index contributed by atoms with van der Waals surface area (Å²) in [6.45, 7) is 6.46. The topological polar surface area (TPSA) is 58.6 Å². The third kappa shape index (κ3) is 3.15. The Morgan fingerprint density at radius 3 is 2.83 bits per heavy atom. The van der Waals surface area contributed by atoms with Crippen LogP contribution in [0.1, 0.15) is 0 Å². The van der Waals surface area contributed by atoms with Crippen LogP contribution in [0.5, 0.6) is 5.75 Å². The molecule has 1 aliphatic heterocycles. The maximum atomic E-state index is 11.7. The Balaban J connectivity index is 1.85. The average molecular weight is 322 g/mol. The largest absolute Gasteiger partial charge is 0.481 e. The highest BCUT2D eigenvalue weighted by Gasteiger charge is 2.21. The van der Waals surface area contributed by atoms with Gasteiger partial charge < -0.3 is 14.5 Å². The van der Waals surface area contributed by atoms with Crippen molar-refractivity contribution in [1.82, 2.24) is 14.9 Å². The summed E-state index contributed by atoms with van der Waals surface area (Å²) in [5.74, 6) is 3.95. The summed E-state index contributed by atoms with van der Waals surface area (Å²) in [6.07, 6.45) is 8.15. The lowest BCUT2D eigenvalue weighted by Gasteiger charge is -2.35. The van der Waals surface area contributed by atoms with Crippen molar-refractivity contribution in [3.8, 4) is 18.1 Å². The molecule has 3 rings (SSSR count). The predicted octanol–water partition coefficient (Wildman–Crippen LogP) is 1.48. The molecule has 0 spiro atoms. The van der Waals surface area contributed by atoms with Gasteiger partial charge in [-0.25, -0.2) is 9.97 Å². The minimum Gasteiger partial charge on any atom is -0.481 e. The minimum absolute atomic E-state index is 0.0350. The number of nitrogens with zero attached hydrogens (tertiary/aromatic N) is 4. The average Bonchev–Trinajstić information content (AvgIpc) is 2.65. The van der Waals surface area contributed by atoms with E-state index in [-0.39, 0.29) is 12.5 Å². The van der Waals surface area contributed by atoms with Gasteiger partial charge in [-0.05, 0) is 24.3 Å². The first-order valence-corrected chi connectivity index (χ1v) is 7.70. The van der Waals surface area contributed by atoms with Gasteiger partial charge >= 0.3 is 0 Å². The Hall–Kier alpha value is -3.07. The van der Waals surface area contributed by atoms with Gasteiger partial charge in [-0.15, -0.1) is 6.42 Å². The molecule has 0 N–H and O–H groups in total. The number of benzene rings is 1. The zero-order valence-corrected chi connectivity index (χ0v) is 13.3. The number of terminal acetylenes is 1. The van der Waals surface area contributed by atoms with E-state index >= 15 is 0 Å². The van der Waals surface area contributed by atoms with Crippen LogP contribution in [0, 0.1) is 12.3 Å². The standard InChI is InChI=1S/C18H18N4O2/c1-3-11-24-14-5-6-16-15(12-14)18(20-13-19-16)22-9-7-21(8-10-22)17(23)4-2/h1,4-6,12-13H,2,7-11H2. The number of piperazine rings is 1. The van der Waals surface area contributed by atoms with Crippen molar-refractivity contribution in [2.45, 2.75) is 0 Å². The van der Waals surface area contributed by atoms with E-state index in [9.17, 15) is 4.79 Å². The molecular formula is C18H18N4O2. The highest BCUT2D eigenvalue weighted by molar-refractivity contribution is 5.91. The van der Waals surface area contributed by atoms with Gasteiger partial charge in [0.25, 0.3) is 0 Å². The number of fused-ring (bicyclic) bond motifs is 1. The van der Waals surface area contributed by atoms with Gasteiger partial charge in [0.05, 0.1) is 5.52 Å². The molecule has 1 fully saturated rings. The zero-order valence-electron chi connectivity index (χ0n) is 13.3. The fraction of sp³-hybridized carbons (Fsp3) is 0.278. The van der Waals surface area contributed by atoms with E-state index in [2.05, 4.69) is 27.4 Å². The highest BCUT2D eigenvalue weighted by Crippen LogP contribution is 2.27. The van der Waals surface area contributed by atoms with Crippen molar-refractivity contribution < 1.29 is 9.53 Å². The van der Waals surface area contributed by atoms with E-state index in [1.165, 1.54) is 6.08 Å². The van der Waals surface area contributed by atoms with Gasteiger partial charge in [0.1, 0.15) is 24.5 Å². The van der Waals surface area contributed by atoms with Crippen molar-refractivity contribution in [1.29, 1.82) is 0 Å². The SMILES string of the molecule is C#CCOc1ccc2ncnc(N3CCN(C(=O)C=C)CC3)c2c1. The van der Waals surface area contributed by atoms with Gasteiger partial charge in [0.15, 0.2) is 0 Å². The number of hydrogen-bond donors (Lipinski definition) is 0. The smallest absolute Gasteiger partial charge is 0.246 e. The second kappa shape index (κ2) is 7.01. The van der Waals surface area contributed by atoms with Gasteiger partial charge in [-0.1, -0.05) is 12.5 Å². The summed E-state index contributed by atoms with van der Waals surface area (Å²) < 4.78 is 5.49. The van der Waals surface area contributed by atoms with Crippen molar-refractivity contribution in [2.75, 3.05) is 37.7 Å². The van der Waals surface area contributed by atoms with Crippen LogP contribution in [0.4, 0.5) is 5.82 Å². The summed E-state index contributed by atoms with van der Waals surface area (Å²) >= 11 is 0. The number of hydrogen-bond acceptors (Lipinski definition) is 5. The third-order valence-corrected chi connectivity index (χ3v) is 3.97. The van der Waals surface area contributed by atoms with Crippen LogP contribution in [-0.2, 0) is 4.79 Å². The molecule has 6 heteroatoms. The van der Waals surface area contributed by atoms with Gasteiger partial charge in [-0.2, -0.15) is 0 Å². The Morgan fingerprint density at radius 1 is 1.33 bits per heavy atom. The van der Waals surface area contributed by atoms with Crippen LogP contribution in [0.25, 0.3) is 10.9 Å². The first-order chi connectivity index (χ1) is 11.7. The number of anilines is 1. The lowest BCUT2D eigenvalue weighted by molar-refractivity contribution is -0.126. The fourth-order valence-electron chi connectivity index (χ4n) is 2.76. The summed E-state index contributed by atoms with van der Waals surface area (Å²) in [7, 11) is 0. The Labute approximate surface area is 140 Å². The molecule has 0 saturated carbocycles. The first-order valence-electron chi connectivity index (χ1n) is 7.70. The van der Waals surface area contributed by atoms with Crippen LogP contribution < -0.4 is 9.64 Å². The normalized spacial score (nSPS) is 14.3. The van der Waals surface area contributed by atoms with Crippen LogP contribution in [0.2, 0.25) is 0 Å². The molecule has 1 aliphatic rings. The summed E-state index contributed by atoms with van der Waals surface area (Å²) in [5, 5.41) is 0.913. The number of amides is 1. The first kappa shape index (κ1) is 15.8.